The molecule has 18 heavy (non-hydrogen) atoms. The van der Waals surface area contributed by atoms with Gasteiger partial charge in [-0.1, -0.05) is 13.3 Å². The Labute approximate surface area is 115 Å². The Morgan fingerprint density at radius 2 is 2.22 bits per heavy atom. The molecule has 0 unspecified atom stereocenters. The number of nitrogen functional groups attached to an aromatic ring is 1. The van der Waals surface area contributed by atoms with E-state index in [1.54, 1.807) is 17.1 Å². The standard InChI is InChI=1S/C12H16BrN5/c1-3-4-10-11(14)12(18(2)17-10)16-9-5-8(13)6-15-7-9/h5-7,16H,3-4,14H2,1-2H3. The highest BCUT2D eigenvalue weighted by Gasteiger charge is 2.12. The highest BCUT2D eigenvalue weighted by Crippen LogP contribution is 2.27. The molecule has 0 radical (unpaired) electrons. The van der Waals surface area contributed by atoms with Crippen molar-refractivity contribution in [1.29, 1.82) is 0 Å². The molecule has 0 atom stereocenters. The second-order valence-corrected chi connectivity index (χ2v) is 5.02. The molecular weight excluding hydrogens is 294 g/mol. The van der Waals surface area contributed by atoms with Gasteiger partial charge in [0.2, 0.25) is 0 Å². The second kappa shape index (κ2) is 5.39. The van der Waals surface area contributed by atoms with Crippen LogP contribution in [-0.4, -0.2) is 14.8 Å². The van der Waals surface area contributed by atoms with Crippen molar-refractivity contribution in [2.75, 3.05) is 11.1 Å². The number of nitrogens with two attached hydrogens (primary N) is 1. The number of hydrogen-bond donors (Lipinski definition) is 2. The number of halogens is 1. The van der Waals surface area contributed by atoms with E-state index in [-0.39, 0.29) is 0 Å². The maximum absolute atomic E-state index is 6.10. The molecule has 0 saturated carbocycles. The molecule has 0 aliphatic carbocycles. The normalized spacial score (nSPS) is 10.6. The number of nitrogens with zero attached hydrogens (tertiary/aromatic N) is 3. The van der Waals surface area contributed by atoms with Gasteiger partial charge >= 0.3 is 0 Å². The van der Waals surface area contributed by atoms with E-state index < -0.39 is 0 Å². The van der Waals surface area contributed by atoms with Crippen molar-refractivity contribution in [3.05, 3.63) is 28.6 Å². The quantitative estimate of drug-likeness (QED) is 0.911. The minimum Gasteiger partial charge on any atom is -0.394 e. The molecule has 96 valence electrons. The lowest BCUT2D eigenvalue weighted by molar-refractivity contribution is 0.740. The van der Waals surface area contributed by atoms with E-state index >= 15 is 0 Å². The summed E-state index contributed by atoms with van der Waals surface area (Å²) in [4.78, 5) is 4.10. The van der Waals surface area contributed by atoms with Crippen molar-refractivity contribution >= 4 is 33.1 Å². The molecule has 2 aromatic heterocycles. The fourth-order valence-electron chi connectivity index (χ4n) is 1.78. The first-order valence-corrected chi connectivity index (χ1v) is 6.60. The maximum atomic E-state index is 6.10. The minimum atomic E-state index is 0.708. The summed E-state index contributed by atoms with van der Waals surface area (Å²) in [5.74, 6) is 0.804. The first-order chi connectivity index (χ1) is 8.61. The van der Waals surface area contributed by atoms with Crippen LogP contribution in [0.15, 0.2) is 22.9 Å². The third-order valence-corrected chi connectivity index (χ3v) is 3.05. The summed E-state index contributed by atoms with van der Waals surface area (Å²) in [6.07, 6.45) is 5.40. The average molecular weight is 310 g/mol. The zero-order valence-corrected chi connectivity index (χ0v) is 12.0. The fraction of sp³-hybridized carbons (Fsp3) is 0.333. The van der Waals surface area contributed by atoms with Gasteiger partial charge in [-0.05, 0) is 28.4 Å². The van der Waals surface area contributed by atoms with E-state index in [0.29, 0.717) is 5.69 Å². The Morgan fingerprint density at radius 1 is 1.44 bits per heavy atom. The molecule has 2 aromatic rings. The van der Waals surface area contributed by atoms with Gasteiger partial charge in [0.1, 0.15) is 0 Å². The van der Waals surface area contributed by atoms with Gasteiger partial charge in [-0.3, -0.25) is 9.67 Å². The van der Waals surface area contributed by atoms with Crippen molar-refractivity contribution in [1.82, 2.24) is 14.8 Å². The molecule has 0 spiro atoms. The molecule has 2 heterocycles. The Kier molecular flexibility index (Phi) is 3.86. The largest absolute Gasteiger partial charge is 0.394 e. The van der Waals surface area contributed by atoms with Crippen LogP contribution < -0.4 is 11.1 Å². The minimum absolute atomic E-state index is 0.708. The highest BCUT2D eigenvalue weighted by molar-refractivity contribution is 9.10. The number of aryl methyl sites for hydroxylation is 2. The van der Waals surface area contributed by atoms with Gasteiger partial charge in [-0.2, -0.15) is 5.10 Å². The van der Waals surface area contributed by atoms with Crippen LogP contribution in [0.1, 0.15) is 19.0 Å². The van der Waals surface area contributed by atoms with E-state index in [9.17, 15) is 0 Å². The molecule has 0 bridgehead atoms. The van der Waals surface area contributed by atoms with Crippen LogP contribution in [0.4, 0.5) is 17.2 Å². The van der Waals surface area contributed by atoms with Crippen LogP contribution in [0.3, 0.4) is 0 Å². The van der Waals surface area contributed by atoms with Crippen LogP contribution in [-0.2, 0) is 13.5 Å². The number of pyridine rings is 1. The molecule has 5 nitrogen and oxygen atoms in total. The third kappa shape index (κ3) is 2.64. The zero-order chi connectivity index (χ0) is 13.1. The molecule has 3 N–H and O–H groups in total. The van der Waals surface area contributed by atoms with Gasteiger partial charge in [-0.15, -0.1) is 0 Å². The molecule has 0 fully saturated rings. The molecule has 0 aromatic carbocycles. The van der Waals surface area contributed by atoms with Gasteiger partial charge in [0, 0.05) is 17.7 Å². The smallest absolute Gasteiger partial charge is 0.152 e. The van der Waals surface area contributed by atoms with Crippen molar-refractivity contribution in [2.24, 2.45) is 7.05 Å². The van der Waals surface area contributed by atoms with E-state index in [0.717, 1.165) is 34.5 Å². The summed E-state index contributed by atoms with van der Waals surface area (Å²) in [5, 5.41) is 7.66. The number of anilines is 3. The zero-order valence-electron chi connectivity index (χ0n) is 10.4. The molecular formula is C12H16BrN5. The van der Waals surface area contributed by atoms with E-state index in [4.69, 9.17) is 5.73 Å². The second-order valence-electron chi connectivity index (χ2n) is 4.10. The van der Waals surface area contributed by atoms with Crippen molar-refractivity contribution < 1.29 is 0 Å². The highest BCUT2D eigenvalue weighted by atomic mass is 79.9. The van der Waals surface area contributed by atoms with E-state index in [1.165, 1.54) is 0 Å². The maximum Gasteiger partial charge on any atom is 0.152 e. The lowest BCUT2D eigenvalue weighted by Gasteiger charge is -2.07. The SMILES string of the molecule is CCCc1nn(C)c(Nc2cncc(Br)c2)c1N. The summed E-state index contributed by atoms with van der Waals surface area (Å²) >= 11 is 3.39. The van der Waals surface area contributed by atoms with Gasteiger partial charge < -0.3 is 11.1 Å². The van der Waals surface area contributed by atoms with Gasteiger partial charge in [0.15, 0.2) is 5.82 Å². The predicted octanol–water partition coefficient (Wildman–Crippen LogP) is 2.86. The third-order valence-electron chi connectivity index (χ3n) is 2.61. The van der Waals surface area contributed by atoms with Crippen LogP contribution >= 0.6 is 15.9 Å². The molecule has 0 aliphatic heterocycles. The lowest BCUT2D eigenvalue weighted by Crippen LogP contribution is -2.01. The fourth-order valence-corrected chi connectivity index (χ4v) is 2.15. The molecule has 6 heteroatoms. The Hall–Kier alpha value is -1.56. The average Bonchev–Trinajstić information content (AvgIpc) is 2.58. The first kappa shape index (κ1) is 12.9. The molecule has 0 aliphatic rings. The van der Waals surface area contributed by atoms with E-state index in [1.807, 2.05) is 13.1 Å². The molecule has 0 amide bonds. The van der Waals surface area contributed by atoms with Gasteiger partial charge in [0.05, 0.1) is 23.3 Å². The summed E-state index contributed by atoms with van der Waals surface area (Å²) in [5.41, 5.74) is 8.62. The van der Waals surface area contributed by atoms with Crippen LogP contribution in [0.2, 0.25) is 0 Å². The van der Waals surface area contributed by atoms with Crippen molar-refractivity contribution in [2.45, 2.75) is 19.8 Å². The monoisotopic (exact) mass is 309 g/mol. The molecule has 0 saturated heterocycles. The Balaban J connectivity index is 2.29. The summed E-state index contributed by atoms with van der Waals surface area (Å²) < 4.78 is 2.68. The van der Waals surface area contributed by atoms with Gasteiger partial charge in [0.25, 0.3) is 0 Å². The summed E-state index contributed by atoms with van der Waals surface area (Å²) in [6, 6.07) is 1.94. The lowest BCUT2D eigenvalue weighted by atomic mass is 10.2. The van der Waals surface area contributed by atoms with Crippen LogP contribution in [0.25, 0.3) is 0 Å². The van der Waals surface area contributed by atoms with Gasteiger partial charge in [-0.25, -0.2) is 0 Å². The van der Waals surface area contributed by atoms with Crippen molar-refractivity contribution in [3.8, 4) is 0 Å². The summed E-state index contributed by atoms with van der Waals surface area (Å²) in [6.45, 7) is 2.11. The van der Waals surface area contributed by atoms with Crippen molar-refractivity contribution in [3.63, 3.8) is 0 Å². The number of hydrogen-bond acceptors (Lipinski definition) is 4. The molecule has 2 rings (SSSR count). The van der Waals surface area contributed by atoms with Crippen LogP contribution in [0, 0.1) is 0 Å². The topological polar surface area (TPSA) is 68.8 Å². The van der Waals surface area contributed by atoms with Crippen LogP contribution in [0.5, 0.6) is 0 Å². The van der Waals surface area contributed by atoms with E-state index in [2.05, 4.69) is 38.3 Å². The number of rotatable bonds is 4. The Morgan fingerprint density at radius 3 is 2.89 bits per heavy atom. The first-order valence-electron chi connectivity index (χ1n) is 5.80. The number of nitrogens with one attached hydrogen (secondary N) is 1. The number of aromatic nitrogens is 3. The Bertz CT molecular complexity index is 549. The predicted molar refractivity (Wildman–Crippen MR) is 76.8 cm³/mol. The summed E-state index contributed by atoms with van der Waals surface area (Å²) in [7, 11) is 1.88.